The molecule has 5 heteroatoms. The Kier molecular flexibility index (Phi) is 5.44. The molecule has 96 valence electrons. The van der Waals surface area contributed by atoms with Crippen LogP contribution in [-0.4, -0.2) is 25.2 Å². The van der Waals surface area contributed by atoms with Crippen LogP contribution in [-0.2, 0) is 25.5 Å². The summed E-state index contributed by atoms with van der Waals surface area (Å²) in [4.78, 5) is 22.2. The first-order chi connectivity index (χ1) is 8.63. The van der Waals surface area contributed by atoms with Gasteiger partial charge in [-0.3, -0.25) is 0 Å². The van der Waals surface area contributed by atoms with Crippen LogP contribution in [0.25, 0.3) is 0 Å². The highest BCUT2D eigenvalue weighted by Crippen LogP contribution is 2.08. The summed E-state index contributed by atoms with van der Waals surface area (Å²) in [6, 6.07) is 3.47. The van der Waals surface area contributed by atoms with Crippen molar-refractivity contribution in [2.24, 2.45) is 0 Å². The zero-order valence-electron chi connectivity index (χ0n) is 9.89. The quantitative estimate of drug-likeness (QED) is 0.418. The maximum Gasteiger partial charge on any atom is 0.333 e. The lowest BCUT2D eigenvalue weighted by atomic mass is 10.2. The van der Waals surface area contributed by atoms with Gasteiger partial charge in [0, 0.05) is 18.1 Å². The Labute approximate surface area is 105 Å². The van der Waals surface area contributed by atoms with Crippen LogP contribution in [0.15, 0.2) is 47.6 Å². The van der Waals surface area contributed by atoms with E-state index >= 15 is 0 Å². The number of hydrogen-bond donors (Lipinski definition) is 0. The van der Waals surface area contributed by atoms with Gasteiger partial charge in [0.1, 0.15) is 19.0 Å². The molecule has 0 aliphatic rings. The van der Waals surface area contributed by atoms with Crippen molar-refractivity contribution in [3.05, 3.63) is 49.0 Å². The predicted molar refractivity (Wildman–Crippen MR) is 63.7 cm³/mol. The molecular formula is C13H14O5. The maximum atomic E-state index is 11.5. The Balaban J connectivity index is 2.22. The minimum atomic E-state index is -0.555. The molecule has 0 atom stereocenters. The lowest BCUT2D eigenvalue weighted by molar-refractivity contribution is -0.146. The van der Waals surface area contributed by atoms with Gasteiger partial charge in [-0.1, -0.05) is 13.2 Å². The molecule has 1 aromatic rings. The van der Waals surface area contributed by atoms with Gasteiger partial charge >= 0.3 is 11.9 Å². The summed E-state index contributed by atoms with van der Waals surface area (Å²) >= 11 is 0. The monoisotopic (exact) mass is 250 g/mol. The first-order valence-electron chi connectivity index (χ1n) is 5.30. The van der Waals surface area contributed by atoms with Crippen molar-refractivity contribution in [1.29, 1.82) is 0 Å². The third-order valence-corrected chi connectivity index (χ3v) is 1.98. The van der Waals surface area contributed by atoms with Crippen LogP contribution in [0.1, 0.15) is 5.76 Å². The molecular weight excluding hydrogens is 236 g/mol. The molecule has 0 unspecified atom stereocenters. The molecule has 0 N–H and O–H groups in total. The number of carbonyl (C=O) groups is 2. The van der Waals surface area contributed by atoms with E-state index in [0.717, 1.165) is 6.08 Å². The fraction of sp³-hybridized carbons (Fsp3) is 0.231. The van der Waals surface area contributed by atoms with Gasteiger partial charge < -0.3 is 13.9 Å². The van der Waals surface area contributed by atoms with Crippen LogP contribution in [0.5, 0.6) is 0 Å². The number of hydrogen-bond acceptors (Lipinski definition) is 5. The Hall–Kier alpha value is -2.30. The van der Waals surface area contributed by atoms with Crippen LogP contribution in [0, 0.1) is 0 Å². The summed E-state index contributed by atoms with van der Waals surface area (Å²) in [5.41, 5.74) is 0.278. The highest BCUT2D eigenvalue weighted by molar-refractivity contribution is 5.88. The van der Waals surface area contributed by atoms with E-state index in [4.69, 9.17) is 9.15 Å². The highest BCUT2D eigenvalue weighted by atomic mass is 16.6. The van der Waals surface area contributed by atoms with E-state index in [-0.39, 0.29) is 25.2 Å². The topological polar surface area (TPSA) is 65.7 Å². The smallest absolute Gasteiger partial charge is 0.333 e. The largest absolute Gasteiger partial charge is 0.469 e. The highest BCUT2D eigenvalue weighted by Gasteiger charge is 2.10. The van der Waals surface area contributed by atoms with E-state index in [2.05, 4.69) is 17.9 Å². The van der Waals surface area contributed by atoms with Gasteiger partial charge in [0.2, 0.25) is 0 Å². The third-order valence-electron chi connectivity index (χ3n) is 1.98. The van der Waals surface area contributed by atoms with Crippen molar-refractivity contribution in [2.75, 3.05) is 13.2 Å². The average molecular weight is 250 g/mol. The van der Waals surface area contributed by atoms with Gasteiger partial charge in [-0.25, -0.2) is 9.59 Å². The summed E-state index contributed by atoms with van der Waals surface area (Å²) in [6.07, 6.45) is 2.85. The fourth-order valence-corrected chi connectivity index (χ4v) is 1.13. The van der Waals surface area contributed by atoms with Gasteiger partial charge in [-0.2, -0.15) is 0 Å². The van der Waals surface area contributed by atoms with E-state index in [9.17, 15) is 9.59 Å². The number of furan rings is 1. The second-order valence-electron chi connectivity index (χ2n) is 3.37. The first kappa shape index (κ1) is 13.8. The first-order valence-corrected chi connectivity index (χ1v) is 5.30. The summed E-state index contributed by atoms with van der Waals surface area (Å²) in [5.74, 6) is -0.462. The van der Waals surface area contributed by atoms with Gasteiger partial charge in [-0.15, -0.1) is 0 Å². The molecule has 0 aliphatic carbocycles. The molecule has 1 rings (SSSR count). The molecule has 0 bridgehead atoms. The zero-order chi connectivity index (χ0) is 13.4. The van der Waals surface area contributed by atoms with Crippen LogP contribution in [0.3, 0.4) is 0 Å². The lowest BCUT2D eigenvalue weighted by Crippen LogP contribution is -2.14. The van der Waals surface area contributed by atoms with Gasteiger partial charge in [0.05, 0.1) is 6.26 Å². The molecule has 0 aromatic carbocycles. The normalized spacial score (nSPS) is 9.56. The molecule has 0 aliphatic heterocycles. The van der Waals surface area contributed by atoms with E-state index in [0.29, 0.717) is 5.76 Å². The lowest BCUT2D eigenvalue weighted by Gasteiger charge is -2.06. The van der Waals surface area contributed by atoms with Gasteiger partial charge in [-0.05, 0) is 12.1 Å². The SMILES string of the molecule is C=CC(=O)OCCOC(=O)C(=C)Cc1ccco1. The van der Waals surface area contributed by atoms with Crippen molar-refractivity contribution < 1.29 is 23.5 Å². The van der Waals surface area contributed by atoms with Crippen LogP contribution in [0.2, 0.25) is 0 Å². The van der Waals surface area contributed by atoms with Crippen molar-refractivity contribution in [1.82, 2.24) is 0 Å². The number of ether oxygens (including phenoxy) is 2. The molecule has 0 fully saturated rings. The standard InChI is InChI=1S/C13H14O5/c1-3-12(14)17-7-8-18-13(15)10(2)9-11-5-4-6-16-11/h3-6H,1-2,7-9H2. The van der Waals surface area contributed by atoms with Crippen molar-refractivity contribution in [3.63, 3.8) is 0 Å². The number of rotatable bonds is 7. The Morgan fingerprint density at radius 2 is 2.06 bits per heavy atom. The molecule has 0 amide bonds. The fourth-order valence-electron chi connectivity index (χ4n) is 1.13. The molecule has 0 saturated carbocycles. The van der Waals surface area contributed by atoms with Crippen molar-refractivity contribution in [3.8, 4) is 0 Å². The summed E-state index contributed by atoms with van der Waals surface area (Å²) < 4.78 is 14.6. The average Bonchev–Trinajstić information content (AvgIpc) is 2.86. The third kappa shape index (κ3) is 4.69. The van der Waals surface area contributed by atoms with E-state index in [1.807, 2.05) is 0 Å². The molecule has 18 heavy (non-hydrogen) atoms. The second-order valence-corrected chi connectivity index (χ2v) is 3.37. The van der Waals surface area contributed by atoms with Crippen LogP contribution < -0.4 is 0 Å². The summed E-state index contributed by atoms with van der Waals surface area (Å²) in [5, 5.41) is 0. The molecule has 0 radical (unpaired) electrons. The van der Waals surface area contributed by atoms with Crippen LogP contribution >= 0.6 is 0 Å². The predicted octanol–water partition coefficient (Wildman–Crippen LogP) is 1.65. The van der Waals surface area contributed by atoms with E-state index in [1.54, 1.807) is 12.1 Å². The van der Waals surface area contributed by atoms with Crippen molar-refractivity contribution >= 4 is 11.9 Å². The summed E-state index contributed by atoms with van der Waals surface area (Å²) in [7, 11) is 0. The Bertz CT molecular complexity index is 430. The molecule has 0 saturated heterocycles. The van der Waals surface area contributed by atoms with E-state index < -0.39 is 11.9 Å². The van der Waals surface area contributed by atoms with Gasteiger partial charge in [0.15, 0.2) is 0 Å². The zero-order valence-corrected chi connectivity index (χ0v) is 9.89. The number of esters is 2. The number of carbonyl (C=O) groups excluding carboxylic acids is 2. The molecule has 1 heterocycles. The molecule has 1 aromatic heterocycles. The Morgan fingerprint density at radius 3 is 2.67 bits per heavy atom. The minimum absolute atomic E-state index is 0.00930. The molecule has 0 spiro atoms. The summed E-state index contributed by atoms with van der Waals surface area (Å²) in [6.45, 7) is 6.81. The second kappa shape index (κ2) is 7.11. The van der Waals surface area contributed by atoms with Crippen molar-refractivity contribution in [2.45, 2.75) is 6.42 Å². The minimum Gasteiger partial charge on any atom is -0.469 e. The Morgan fingerprint density at radius 1 is 1.33 bits per heavy atom. The van der Waals surface area contributed by atoms with E-state index in [1.165, 1.54) is 6.26 Å². The van der Waals surface area contributed by atoms with Crippen LogP contribution in [0.4, 0.5) is 0 Å². The van der Waals surface area contributed by atoms with Gasteiger partial charge in [0.25, 0.3) is 0 Å². The molecule has 5 nitrogen and oxygen atoms in total. The maximum absolute atomic E-state index is 11.5.